The zero-order valence-electron chi connectivity index (χ0n) is 11.5. The number of hydrogen-bond donors (Lipinski definition) is 0. The van der Waals surface area contributed by atoms with Crippen molar-refractivity contribution in [3.8, 4) is 0 Å². The quantitative estimate of drug-likeness (QED) is 0.620. The second-order valence-electron chi connectivity index (χ2n) is 4.78. The van der Waals surface area contributed by atoms with Crippen molar-refractivity contribution in [1.29, 1.82) is 0 Å². The maximum absolute atomic E-state index is 11.7. The van der Waals surface area contributed by atoms with Crippen LogP contribution in [0.3, 0.4) is 0 Å². The molecule has 1 heterocycles. The highest BCUT2D eigenvalue weighted by Gasteiger charge is 2.18. The van der Waals surface area contributed by atoms with Gasteiger partial charge in [-0.2, -0.15) is 9.78 Å². The zero-order valence-corrected chi connectivity index (χ0v) is 11.5. The molecule has 104 valence electrons. The third-order valence-corrected chi connectivity index (χ3v) is 1.88. The van der Waals surface area contributed by atoms with Crippen LogP contribution in [0.2, 0.25) is 0 Å². The predicted molar refractivity (Wildman–Crippen MR) is 69.5 cm³/mol. The van der Waals surface area contributed by atoms with Gasteiger partial charge >= 0.3 is 12.1 Å². The van der Waals surface area contributed by atoms with Gasteiger partial charge < -0.3 is 9.47 Å². The molecule has 0 fully saturated rings. The monoisotopic (exact) mass is 266 g/mol. The summed E-state index contributed by atoms with van der Waals surface area (Å²) in [6.45, 7) is 7.37. The standard InChI is InChI=1S/C13H18N2O4/c1-5-18-11(16)7-6-10-8-14-15(9-10)12(17)19-13(2,3)4/h6-9H,5H2,1-4H3/b7-6+. The smallest absolute Gasteiger partial charge is 0.435 e. The third-order valence-electron chi connectivity index (χ3n) is 1.88. The minimum atomic E-state index is -0.579. The van der Waals surface area contributed by atoms with E-state index in [4.69, 9.17) is 9.47 Å². The fourth-order valence-electron chi connectivity index (χ4n) is 1.19. The van der Waals surface area contributed by atoms with Crippen LogP contribution in [0.5, 0.6) is 0 Å². The molecule has 1 aromatic heterocycles. The number of esters is 1. The fourth-order valence-corrected chi connectivity index (χ4v) is 1.19. The molecular weight excluding hydrogens is 248 g/mol. The van der Waals surface area contributed by atoms with Crippen LogP contribution in [0.15, 0.2) is 18.5 Å². The Morgan fingerprint density at radius 2 is 2.11 bits per heavy atom. The summed E-state index contributed by atoms with van der Waals surface area (Å²) in [7, 11) is 0. The van der Waals surface area contributed by atoms with E-state index < -0.39 is 17.7 Å². The lowest BCUT2D eigenvalue weighted by atomic mass is 10.2. The summed E-state index contributed by atoms with van der Waals surface area (Å²) in [6, 6.07) is 0. The lowest BCUT2D eigenvalue weighted by molar-refractivity contribution is -0.137. The summed E-state index contributed by atoms with van der Waals surface area (Å²) in [5, 5.41) is 3.86. The van der Waals surface area contributed by atoms with Gasteiger partial charge in [-0.05, 0) is 33.8 Å². The molecule has 0 aliphatic carbocycles. The van der Waals surface area contributed by atoms with Crippen LogP contribution in [-0.2, 0) is 14.3 Å². The lowest BCUT2D eigenvalue weighted by Gasteiger charge is -2.18. The third kappa shape index (κ3) is 5.37. The summed E-state index contributed by atoms with van der Waals surface area (Å²) in [5.41, 5.74) is 0.0307. The Hall–Kier alpha value is -2.11. The Labute approximate surface area is 112 Å². The molecule has 6 heteroatoms. The van der Waals surface area contributed by atoms with Crippen LogP contribution in [0.25, 0.3) is 6.08 Å². The molecule has 0 saturated heterocycles. The Morgan fingerprint density at radius 3 is 2.68 bits per heavy atom. The minimum Gasteiger partial charge on any atom is -0.463 e. The number of carbonyl (C=O) groups excluding carboxylic acids is 2. The Bertz CT molecular complexity index is 483. The molecule has 19 heavy (non-hydrogen) atoms. The van der Waals surface area contributed by atoms with Crippen molar-refractivity contribution in [2.45, 2.75) is 33.3 Å². The fraction of sp³-hybridized carbons (Fsp3) is 0.462. The topological polar surface area (TPSA) is 70.4 Å². The highest BCUT2D eigenvalue weighted by atomic mass is 16.6. The van der Waals surface area contributed by atoms with Crippen molar-refractivity contribution in [2.75, 3.05) is 6.61 Å². The van der Waals surface area contributed by atoms with Crippen molar-refractivity contribution in [2.24, 2.45) is 0 Å². The van der Waals surface area contributed by atoms with Gasteiger partial charge in [-0.25, -0.2) is 9.59 Å². The number of ether oxygens (including phenoxy) is 2. The van der Waals surface area contributed by atoms with Crippen LogP contribution in [0, 0.1) is 0 Å². The van der Waals surface area contributed by atoms with Crippen molar-refractivity contribution >= 4 is 18.1 Å². The summed E-state index contributed by atoms with van der Waals surface area (Å²) in [5.74, 6) is -0.437. The van der Waals surface area contributed by atoms with Gasteiger partial charge in [0.1, 0.15) is 5.60 Å². The van der Waals surface area contributed by atoms with Gasteiger partial charge in [-0.15, -0.1) is 0 Å². The van der Waals surface area contributed by atoms with Crippen molar-refractivity contribution in [1.82, 2.24) is 9.78 Å². The molecule has 0 atom stereocenters. The largest absolute Gasteiger partial charge is 0.463 e. The SMILES string of the molecule is CCOC(=O)/C=C/c1cnn(C(=O)OC(C)(C)C)c1. The van der Waals surface area contributed by atoms with E-state index in [1.807, 2.05) is 0 Å². The van der Waals surface area contributed by atoms with E-state index in [-0.39, 0.29) is 0 Å². The van der Waals surface area contributed by atoms with Gasteiger partial charge in [0.05, 0.1) is 12.8 Å². The predicted octanol–water partition coefficient (Wildman–Crippen LogP) is 2.24. The molecular formula is C13H18N2O4. The van der Waals surface area contributed by atoms with Gasteiger partial charge in [0.2, 0.25) is 0 Å². The van der Waals surface area contributed by atoms with Gasteiger partial charge in [-0.3, -0.25) is 0 Å². The van der Waals surface area contributed by atoms with Gasteiger partial charge in [0, 0.05) is 17.8 Å². The Balaban J connectivity index is 2.67. The maximum atomic E-state index is 11.7. The van der Waals surface area contributed by atoms with E-state index in [0.29, 0.717) is 12.2 Å². The molecule has 0 bridgehead atoms. The molecule has 0 radical (unpaired) electrons. The average molecular weight is 266 g/mol. The number of aromatic nitrogens is 2. The van der Waals surface area contributed by atoms with E-state index in [1.54, 1.807) is 27.7 Å². The first kappa shape index (κ1) is 14.9. The second kappa shape index (κ2) is 6.17. The van der Waals surface area contributed by atoms with E-state index >= 15 is 0 Å². The zero-order chi connectivity index (χ0) is 14.5. The second-order valence-corrected chi connectivity index (χ2v) is 4.78. The molecule has 0 N–H and O–H groups in total. The number of nitrogens with zero attached hydrogens (tertiary/aromatic N) is 2. The van der Waals surface area contributed by atoms with E-state index in [0.717, 1.165) is 4.68 Å². The van der Waals surface area contributed by atoms with E-state index in [1.165, 1.54) is 24.5 Å². The summed E-state index contributed by atoms with van der Waals surface area (Å²) in [4.78, 5) is 22.8. The molecule has 0 amide bonds. The van der Waals surface area contributed by atoms with Crippen LogP contribution >= 0.6 is 0 Å². The number of rotatable bonds is 3. The molecule has 0 aromatic carbocycles. The molecule has 1 rings (SSSR count). The molecule has 6 nitrogen and oxygen atoms in total. The first-order valence-electron chi connectivity index (χ1n) is 5.94. The minimum absolute atomic E-state index is 0.320. The molecule has 0 aliphatic heterocycles. The van der Waals surface area contributed by atoms with Crippen molar-refractivity contribution in [3.63, 3.8) is 0 Å². The molecule has 1 aromatic rings. The average Bonchev–Trinajstić information content (AvgIpc) is 2.73. The maximum Gasteiger partial charge on any atom is 0.435 e. The van der Waals surface area contributed by atoms with Crippen LogP contribution in [0.1, 0.15) is 33.3 Å². The van der Waals surface area contributed by atoms with E-state index in [9.17, 15) is 9.59 Å². The van der Waals surface area contributed by atoms with Gasteiger partial charge in [0.25, 0.3) is 0 Å². The highest BCUT2D eigenvalue weighted by molar-refractivity contribution is 5.87. The molecule has 0 unspecified atom stereocenters. The summed E-state index contributed by atoms with van der Waals surface area (Å²) in [6.07, 6.45) is 5.16. The van der Waals surface area contributed by atoms with Gasteiger partial charge in [-0.1, -0.05) is 0 Å². The van der Waals surface area contributed by atoms with Crippen LogP contribution in [0.4, 0.5) is 4.79 Å². The number of hydrogen-bond acceptors (Lipinski definition) is 5. The summed E-state index contributed by atoms with van der Waals surface area (Å²) >= 11 is 0. The van der Waals surface area contributed by atoms with Crippen LogP contribution in [-0.4, -0.2) is 34.1 Å². The lowest BCUT2D eigenvalue weighted by Crippen LogP contribution is -2.27. The number of carbonyl (C=O) groups is 2. The van der Waals surface area contributed by atoms with Crippen LogP contribution < -0.4 is 0 Å². The van der Waals surface area contributed by atoms with Crippen molar-refractivity contribution in [3.05, 3.63) is 24.0 Å². The Kier molecular flexibility index (Phi) is 4.86. The van der Waals surface area contributed by atoms with E-state index in [2.05, 4.69) is 5.10 Å². The first-order chi connectivity index (χ1) is 8.81. The first-order valence-corrected chi connectivity index (χ1v) is 5.94. The molecule has 0 spiro atoms. The molecule has 0 aliphatic rings. The van der Waals surface area contributed by atoms with Crippen molar-refractivity contribution < 1.29 is 19.1 Å². The van der Waals surface area contributed by atoms with Gasteiger partial charge in [0.15, 0.2) is 0 Å². The summed E-state index contributed by atoms with van der Waals surface area (Å²) < 4.78 is 11.0. The molecule has 0 saturated carbocycles. The normalized spacial score (nSPS) is 11.6. The Morgan fingerprint density at radius 1 is 1.42 bits per heavy atom. The highest BCUT2D eigenvalue weighted by Crippen LogP contribution is 2.09.